The zero-order valence-corrected chi connectivity index (χ0v) is 14.3. The first kappa shape index (κ1) is 20.6. The molecule has 0 fully saturated rings. The monoisotopic (exact) mass is 360 g/mol. The van der Waals surface area contributed by atoms with E-state index in [0.717, 1.165) is 5.56 Å². The fraction of sp³-hybridized carbons (Fsp3) is 0.222. The van der Waals surface area contributed by atoms with E-state index in [9.17, 15) is 19.7 Å². The summed E-state index contributed by atoms with van der Waals surface area (Å²) in [7, 11) is 0. The molecular weight excluding hydrogens is 340 g/mol. The van der Waals surface area contributed by atoms with Crippen molar-refractivity contribution in [1.29, 1.82) is 0 Å². The van der Waals surface area contributed by atoms with E-state index in [0.29, 0.717) is 11.3 Å². The van der Waals surface area contributed by atoms with Gasteiger partial charge in [-0.25, -0.2) is 0 Å². The van der Waals surface area contributed by atoms with Gasteiger partial charge in [0.2, 0.25) is 0 Å². The van der Waals surface area contributed by atoms with Crippen LogP contribution in [0.2, 0.25) is 0 Å². The normalized spacial score (nSPS) is 12.2. The summed E-state index contributed by atoms with van der Waals surface area (Å²) in [5.41, 5.74) is 7.40. The van der Waals surface area contributed by atoms with Gasteiger partial charge < -0.3 is 15.9 Å². The van der Waals surface area contributed by atoms with Gasteiger partial charge in [0.15, 0.2) is 0 Å². The summed E-state index contributed by atoms with van der Waals surface area (Å²) in [6, 6.07) is 12.4. The van der Waals surface area contributed by atoms with Crippen LogP contribution in [0.3, 0.4) is 0 Å². The number of rotatable bonds is 5. The second-order valence-electron chi connectivity index (χ2n) is 5.64. The first-order chi connectivity index (χ1) is 12.1. The van der Waals surface area contributed by atoms with Crippen LogP contribution in [0.25, 0.3) is 0 Å². The maximum atomic E-state index is 10.6. The van der Waals surface area contributed by atoms with Gasteiger partial charge in [0.1, 0.15) is 0 Å². The molecule has 138 valence electrons. The summed E-state index contributed by atoms with van der Waals surface area (Å²) in [4.78, 5) is 30.9. The first-order valence-corrected chi connectivity index (χ1v) is 7.69. The zero-order valence-electron chi connectivity index (χ0n) is 14.3. The molecule has 2 unspecified atom stereocenters. The standard InChI is InChI=1S/C9H9NO4.C9H11NO2/c1-6(9(11)12)7-2-4-8(5-3-7)10(13)14;1-6(9(11)12)7-2-4-8(10)5-3-7/h2-6H,1H3,(H,11,12);2-6H,10H2,1H3,(H,11,12). The lowest BCUT2D eigenvalue weighted by Crippen LogP contribution is -2.07. The lowest BCUT2D eigenvalue weighted by atomic mass is 10.0. The summed E-state index contributed by atoms with van der Waals surface area (Å²) in [6.45, 7) is 3.18. The molecule has 2 aromatic carbocycles. The molecule has 8 heteroatoms. The van der Waals surface area contributed by atoms with Crippen molar-refractivity contribution in [1.82, 2.24) is 0 Å². The van der Waals surface area contributed by atoms with E-state index in [2.05, 4.69) is 0 Å². The Morgan fingerprint density at radius 3 is 1.54 bits per heavy atom. The molecule has 2 atom stereocenters. The summed E-state index contributed by atoms with van der Waals surface area (Å²) in [5.74, 6) is -2.87. The number of non-ortho nitro benzene ring substituents is 1. The van der Waals surface area contributed by atoms with E-state index >= 15 is 0 Å². The summed E-state index contributed by atoms with van der Waals surface area (Å²) >= 11 is 0. The average Bonchev–Trinajstić information content (AvgIpc) is 2.61. The lowest BCUT2D eigenvalue weighted by molar-refractivity contribution is -0.384. The van der Waals surface area contributed by atoms with Crippen molar-refractivity contribution >= 4 is 23.3 Å². The number of anilines is 1. The van der Waals surface area contributed by atoms with Crippen LogP contribution in [0.1, 0.15) is 36.8 Å². The minimum absolute atomic E-state index is 0.0358. The molecule has 0 radical (unpaired) electrons. The van der Waals surface area contributed by atoms with Crippen LogP contribution in [-0.2, 0) is 9.59 Å². The van der Waals surface area contributed by atoms with Crippen LogP contribution >= 0.6 is 0 Å². The predicted octanol–water partition coefficient (Wildman–Crippen LogP) is 3.24. The molecule has 26 heavy (non-hydrogen) atoms. The second-order valence-corrected chi connectivity index (χ2v) is 5.64. The largest absolute Gasteiger partial charge is 0.481 e. The van der Waals surface area contributed by atoms with E-state index in [-0.39, 0.29) is 5.69 Å². The Hall–Kier alpha value is -3.42. The highest BCUT2D eigenvalue weighted by atomic mass is 16.6. The quantitative estimate of drug-likeness (QED) is 0.422. The molecule has 0 aromatic heterocycles. The summed E-state index contributed by atoms with van der Waals surface area (Å²) in [6.07, 6.45) is 0. The number of aliphatic carboxylic acids is 2. The Kier molecular flexibility index (Phi) is 7.27. The number of nitrogens with zero attached hydrogens (tertiary/aromatic N) is 1. The Morgan fingerprint density at radius 2 is 1.23 bits per heavy atom. The highest BCUT2D eigenvalue weighted by Gasteiger charge is 2.14. The number of carboxylic acid groups (broad SMARTS) is 2. The highest BCUT2D eigenvalue weighted by Crippen LogP contribution is 2.19. The van der Waals surface area contributed by atoms with Crippen molar-refractivity contribution in [2.24, 2.45) is 0 Å². The summed E-state index contributed by atoms with van der Waals surface area (Å²) < 4.78 is 0. The zero-order chi connectivity index (χ0) is 19.9. The van der Waals surface area contributed by atoms with E-state index < -0.39 is 28.7 Å². The molecule has 0 aliphatic rings. The van der Waals surface area contributed by atoms with Crippen molar-refractivity contribution in [3.63, 3.8) is 0 Å². The molecule has 2 rings (SSSR count). The molecule has 0 aliphatic carbocycles. The van der Waals surface area contributed by atoms with Gasteiger partial charge in [-0.2, -0.15) is 0 Å². The number of nitrogen functional groups attached to an aromatic ring is 1. The SMILES string of the molecule is CC(C(=O)O)c1ccc(N)cc1.CC(C(=O)O)c1ccc([N+](=O)[O-])cc1. The minimum Gasteiger partial charge on any atom is -0.481 e. The van der Waals surface area contributed by atoms with Gasteiger partial charge in [-0.05, 0) is 37.1 Å². The van der Waals surface area contributed by atoms with Gasteiger partial charge in [-0.15, -0.1) is 0 Å². The van der Waals surface area contributed by atoms with Crippen LogP contribution in [0, 0.1) is 10.1 Å². The number of carboxylic acids is 2. The third kappa shape index (κ3) is 5.90. The molecular formula is C18H20N2O6. The smallest absolute Gasteiger partial charge is 0.310 e. The Labute approximate surface area is 150 Å². The Morgan fingerprint density at radius 1 is 0.885 bits per heavy atom. The molecule has 0 saturated heterocycles. The second kappa shape index (κ2) is 9.16. The third-order valence-corrected chi connectivity index (χ3v) is 3.78. The topological polar surface area (TPSA) is 144 Å². The lowest BCUT2D eigenvalue weighted by Gasteiger charge is -2.05. The first-order valence-electron chi connectivity index (χ1n) is 7.69. The predicted molar refractivity (Wildman–Crippen MR) is 96.1 cm³/mol. The molecule has 0 bridgehead atoms. The van der Waals surface area contributed by atoms with Crippen LogP contribution in [0.15, 0.2) is 48.5 Å². The molecule has 0 aliphatic heterocycles. The van der Waals surface area contributed by atoms with Gasteiger partial charge in [-0.3, -0.25) is 19.7 Å². The van der Waals surface area contributed by atoms with Gasteiger partial charge in [0.25, 0.3) is 5.69 Å². The number of benzene rings is 2. The van der Waals surface area contributed by atoms with Crippen LogP contribution in [0.5, 0.6) is 0 Å². The third-order valence-electron chi connectivity index (χ3n) is 3.78. The number of hydrogen-bond donors (Lipinski definition) is 3. The minimum atomic E-state index is -0.946. The maximum absolute atomic E-state index is 10.6. The fourth-order valence-corrected chi connectivity index (χ4v) is 1.95. The van der Waals surface area contributed by atoms with Gasteiger partial charge >= 0.3 is 11.9 Å². The van der Waals surface area contributed by atoms with E-state index in [1.807, 2.05) is 0 Å². The molecule has 0 saturated carbocycles. The van der Waals surface area contributed by atoms with Crippen molar-refractivity contribution in [3.8, 4) is 0 Å². The number of nitrogens with two attached hydrogens (primary N) is 1. The molecule has 2 aromatic rings. The Bertz CT molecular complexity index is 771. The van der Waals surface area contributed by atoms with Gasteiger partial charge in [0.05, 0.1) is 16.8 Å². The fourth-order valence-electron chi connectivity index (χ4n) is 1.95. The van der Waals surface area contributed by atoms with E-state index in [1.165, 1.54) is 31.2 Å². The van der Waals surface area contributed by atoms with E-state index in [1.54, 1.807) is 31.2 Å². The number of nitro benzene ring substituents is 1. The number of hydrogen-bond acceptors (Lipinski definition) is 5. The Balaban J connectivity index is 0.000000263. The number of carbonyl (C=O) groups is 2. The van der Waals surface area contributed by atoms with Crippen molar-refractivity contribution in [3.05, 3.63) is 69.8 Å². The van der Waals surface area contributed by atoms with Crippen LogP contribution in [-0.4, -0.2) is 27.1 Å². The number of nitro groups is 1. The van der Waals surface area contributed by atoms with Crippen molar-refractivity contribution in [2.75, 3.05) is 5.73 Å². The van der Waals surface area contributed by atoms with Crippen LogP contribution < -0.4 is 5.73 Å². The molecule has 0 heterocycles. The van der Waals surface area contributed by atoms with Crippen molar-refractivity contribution < 1.29 is 24.7 Å². The van der Waals surface area contributed by atoms with Crippen LogP contribution in [0.4, 0.5) is 11.4 Å². The summed E-state index contributed by atoms with van der Waals surface area (Å²) in [5, 5.41) is 27.7. The molecule has 8 nitrogen and oxygen atoms in total. The average molecular weight is 360 g/mol. The van der Waals surface area contributed by atoms with E-state index in [4.69, 9.17) is 15.9 Å². The molecule has 0 spiro atoms. The van der Waals surface area contributed by atoms with Gasteiger partial charge in [0, 0.05) is 17.8 Å². The van der Waals surface area contributed by atoms with Gasteiger partial charge in [-0.1, -0.05) is 24.3 Å². The molecule has 4 N–H and O–H groups in total. The maximum Gasteiger partial charge on any atom is 0.310 e. The highest BCUT2D eigenvalue weighted by molar-refractivity contribution is 5.76. The molecule has 0 amide bonds. The van der Waals surface area contributed by atoms with Crippen molar-refractivity contribution in [2.45, 2.75) is 25.7 Å².